The van der Waals surface area contributed by atoms with Gasteiger partial charge in [-0.05, 0) is 32.1 Å². The lowest BCUT2D eigenvalue weighted by Gasteiger charge is -2.33. The summed E-state index contributed by atoms with van der Waals surface area (Å²) in [6.45, 7) is 0. The molecule has 1 saturated heterocycles. The van der Waals surface area contributed by atoms with Gasteiger partial charge in [0.15, 0.2) is 0 Å². The van der Waals surface area contributed by atoms with Gasteiger partial charge in [0.25, 0.3) is 0 Å². The molecule has 1 aliphatic carbocycles. The molecule has 2 rings (SSSR count). The van der Waals surface area contributed by atoms with Crippen molar-refractivity contribution in [2.45, 2.75) is 30.1 Å². The second-order valence-electron chi connectivity index (χ2n) is 3.05. The molecule has 1 atom stereocenters. The van der Waals surface area contributed by atoms with Gasteiger partial charge in [-0.25, -0.2) is 0 Å². The van der Waals surface area contributed by atoms with Crippen LogP contribution < -0.4 is 5.32 Å². The molecule has 1 aliphatic heterocycles. The maximum Gasteiger partial charge on any atom is 0.0299 e. The first kappa shape index (κ1) is 6.05. The molecule has 1 heterocycles. The SMILES string of the molecule is CNC1(C2CCS2)CC1. The highest BCUT2D eigenvalue weighted by atomic mass is 32.2. The summed E-state index contributed by atoms with van der Waals surface area (Å²) < 4.78 is 0. The van der Waals surface area contributed by atoms with Crippen LogP contribution in [0.1, 0.15) is 19.3 Å². The Morgan fingerprint density at radius 2 is 2.22 bits per heavy atom. The van der Waals surface area contributed by atoms with Crippen LogP contribution in [-0.2, 0) is 0 Å². The average molecular weight is 143 g/mol. The van der Waals surface area contributed by atoms with E-state index in [2.05, 4.69) is 24.1 Å². The minimum absolute atomic E-state index is 0.600. The first-order chi connectivity index (χ1) is 4.37. The minimum atomic E-state index is 0.600. The van der Waals surface area contributed by atoms with Crippen LogP contribution in [0.4, 0.5) is 0 Å². The first-order valence-electron chi connectivity index (χ1n) is 3.68. The second-order valence-corrected chi connectivity index (χ2v) is 4.36. The van der Waals surface area contributed by atoms with Crippen molar-refractivity contribution in [3.63, 3.8) is 0 Å². The van der Waals surface area contributed by atoms with Gasteiger partial charge in [0.2, 0.25) is 0 Å². The van der Waals surface area contributed by atoms with Gasteiger partial charge >= 0.3 is 0 Å². The molecule has 0 spiro atoms. The third kappa shape index (κ3) is 0.802. The van der Waals surface area contributed by atoms with Gasteiger partial charge in [-0.3, -0.25) is 0 Å². The van der Waals surface area contributed by atoms with Crippen LogP contribution in [0.3, 0.4) is 0 Å². The molecule has 0 aromatic heterocycles. The standard InChI is InChI=1S/C7H13NS/c1-8-7(3-4-7)6-2-5-9-6/h6,8H,2-5H2,1H3. The molecule has 0 radical (unpaired) electrons. The number of rotatable bonds is 2. The Labute approximate surface area is 60.6 Å². The second kappa shape index (κ2) is 1.89. The summed E-state index contributed by atoms with van der Waals surface area (Å²) in [6.07, 6.45) is 4.29. The Bertz CT molecular complexity index is 116. The predicted octanol–water partition coefficient (Wildman–Crippen LogP) is 1.24. The predicted molar refractivity (Wildman–Crippen MR) is 41.9 cm³/mol. The van der Waals surface area contributed by atoms with Crippen molar-refractivity contribution in [3.8, 4) is 0 Å². The summed E-state index contributed by atoms with van der Waals surface area (Å²) in [4.78, 5) is 0. The van der Waals surface area contributed by atoms with E-state index in [0.717, 1.165) is 5.25 Å². The Hall–Kier alpha value is 0.310. The first-order valence-corrected chi connectivity index (χ1v) is 4.73. The average Bonchev–Trinajstić information content (AvgIpc) is 2.44. The maximum atomic E-state index is 3.43. The van der Waals surface area contributed by atoms with Gasteiger partial charge < -0.3 is 5.32 Å². The molecule has 1 saturated carbocycles. The lowest BCUT2D eigenvalue weighted by molar-refractivity contribution is 0.502. The number of hydrogen-bond donors (Lipinski definition) is 1. The summed E-state index contributed by atoms with van der Waals surface area (Å²) >= 11 is 2.14. The lowest BCUT2D eigenvalue weighted by Crippen LogP contribution is -2.42. The van der Waals surface area contributed by atoms with Gasteiger partial charge in [0.1, 0.15) is 0 Å². The third-order valence-electron chi connectivity index (χ3n) is 2.60. The van der Waals surface area contributed by atoms with Crippen LogP contribution in [0.15, 0.2) is 0 Å². The van der Waals surface area contributed by atoms with Crippen molar-refractivity contribution in [2.75, 3.05) is 12.8 Å². The molecule has 52 valence electrons. The Morgan fingerprint density at radius 3 is 2.33 bits per heavy atom. The highest BCUT2D eigenvalue weighted by molar-refractivity contribution is 8.01. The zero-order chi connectivity index (χ0) is 6.32. The van der Waals surface area contributed by atoms with Crippen molar-refractivity contribution < 1.29 is 0 Å². The summed E-state index contributed by atoms with van der Waals surface area (Å²) in [5.41, 5.74) is 0.600. The molecule has 1 nitrogen and oxygen atoms in total. The smallest absolute Gasteiger partial charge is 0.0299 e. The van der Waals surface area contributed by atoms with Crippen LogP contribution in [0, 0.1) is 0 Å². The molecular formula is C7H13NS. The van der Waals surface area contributed by atoms with E-state index in [4.69, 9.17) is 0 Å². The van der Waals surface area contributed by atoms with Gasteiger partial charge in [-0.2, -0.15) is 11.8 Å². The fraction of sp³-hybridized carbons (Fsp3) is 1.00. The van der Waals surface area contributed by atoms with E-state index in [1.165, 1.54) is 25.0 Å². The van der Waals surface area contributed by atoms with Gasteiger partial charge in [0, 0.05) is 10.8 Å². The zero-order valence-electron chi connectivity index (χ0n) is 5.81. The monoisotopic (exact) mass is 143 g/mol. The van der Waals surface area contributed by atoms with E-state index in [1.807, 2.05) is 0 Å². The quantitative estimate of drug-likeness (QED) is 0.624. The molecular weight excluding hydrogens is 130 g/mol. The van der Waals surface area contributed by atoms with Crippen LogP contribution >= 0.6 is 11.8 Å². The van der Waals surface area contributed by atoms with Crippen molar-refractivity contribution in [1.82, 2.24) is 5.32 Å². The fourth-order valence-electron chi connectivity index (χ4n) is 1.54. The van der Waals surface area contributed by atoms with E-state index in [0.29, 0.717) is 5.54 Å². The normalized spacial score (nSPS) is 37.7. The number of nitrogens with one attached hydrogen (secondary N) is 1. The Kier molecular flexibility index (Phi) is 1.27. The van der Waals surface area contributed by atoms with Crippen molar-refractivity contribution in [3.05, 3.63) is 0 Å². The molecule has 0 aromatic rings. The summed E-state index contributed by atoms with van der Waals surface area (Å²) in [5.74, 6) is 1.40. The van der Waals surface area contributed by atoms with Crippen LogP contribution in [0.25, 0.3) is 0 Å². The largest absolute Gasteiger partial charge is 0.313 e. The van der Waals surface area contributed by atoms with Crippen LogP contribution in [0.5, 0.6) is 0 Å². The number of hydrogen-bond acceptors (Lipinski definition) is 2. The van der Waals surface area contributed by atoms with E-state index < -0.39 is 0 Å². The Balaban J connectivity index is 1.94. The highest BCUT2D eigenvalue weighted by Crippen LogP contribution is 2.49. The molecule has 1 N–H and O–H groups in total. The molecule has 1 unspecified atom stereocenters. The van der Waals surface area contributed by atoms with Crippen LogP contribution in [-0.4, -0.2) is 23.6 Å². The zero-order valence-corrected chi connectivity index (χ0v) is 6.63. The molecule has 2 fully saturated rings. The van der Waals surface area contributed by atoms with Crippen molar-refractivity contribution >= 4 is 11.8 Å². The lowest BCUT2D eigenvalue weighted by atomic mass is 10.1. The molecule has 2 heteroatoms. The highest BCUT2D eigenvalue weighted by Gasteiger charge is 2.50. The summed E-state index contributed by atoms with van der Waals surface area (Å²) in [6, 6.07) is 0. The van der Waals surface area contributed by atoms with Gasteiger partial charge in [-0.15, -0.1) is 0 Å². The van der Waals surface area contributed by atoms with E-state index >= 15 is 0 Å². The fourth-order valence-corrected chi connectivity index (χ4v) is 2.68. The third-order valence-corrected chi connectivity index (χ3v) is 4.16. The maximum absolute atomic E-state index is 3.43. The van der Waals surface area contributed by atoms with Crippen molar-refractivity contribution in [1.29, 1.82) is 0 Å². The topological polar surface area (TPSA) is 12.0 Å². The number of thioether (sulfide) groups is 1. The molecule has 0 aromatic carbocycles. The molecule has 0 bridgehead atoms. The molecule has 9 heavy (non-hydrogen) atoms. The van der Waals surface area contributed by atoms with E-state index in [9.17, 15) is 0 Å². The minimum Gasteiger partial charge on any atom is -0.313 e. The summed E-state index contributed by atoms with van der Waals surface area (Å²) in [5, 5.41) is 4.39. The summed E-state index contributed by atoms with van der Waals surface area (Å²) in [7, 11) is 2.10. The van der Waals surface area contributed by atoms with E-state index in [1.54, 1.807) is 0 Å². The van der Waals surface area contributed by atoms with Crippen molar-refractivity contribution in [2.24, 2.45) is 0 Å². The molecule has 0 amide bonds. The van der Waals surface area contributed by atoms with Crippen LogP contribution in [0.2, 0.25) is 0 Å². The van der Waals surface area contributed by atoms with Gasteiger partial charge in [0.05, 0.1) is 0 Å². The van der Waals surface area contributed by atoms with E-state index in [-0.39, 0.29) is 0 Å². The van der Waals surface area contributed by atoms with Gasteiger partial charge in [-0.1, -0.05) is 0 Å². The Morgan fingerprint density at radius 1 is 1.56 bits per heavy atom. The molecule has 2 aliphatic rings.